The molecule has 1 fully saturated rings. The van der Waals surface area contributed by atoms with Gasteiger partial charge < -0.3 is 5.32 Å². The van der Waals surface area contributed by atoms with E-state index in [9.17, 15) is 22.8 Å². The molecule has 2 aliphatic rings. The van der Waals surface area contributed by atoms with Crippen LogP contribution in [0.5, 0.6) is 0 Å². The molecule has 0 aliphatic carbocycles. The molecule has 180 valence electrons. The lowest BCUT2D eigenvalue weighted by atomic mass is 9.94. The molecule has 1 saturated heterocycles. The van der Waals surface area contributed by atoms with Crippen LogP contribution in [0.2, 0.25) is 0 Å². The Labute approximate surface area is 200 Å². The molecule has 3 atom stereocenters. The number of aryl methyl sites for hydroxylation is 1. The number of piperidine rings is 1. The highest BCUT2D eigenvalue weighted by molar-refractivity contribution is 7.89. The van der Waals surface area contributed by atoms with Crippen molar-refractivity contribution in [2.45, 2.75) is 45.1 Å². The fraction of sp³-hybridized carbons (Fsp3) is 0.400. The summed E-state index contributed by atoms with van der Waals surface area (Å²) >= 11 is 0. The van der Waals surface area contributed by atoms with Crippen LogP contribution in [-0.2, 0) is 14.8 Å². The zero-order valence-electron chi connectivity index (χ0n) is 19.7. The number of nitrogens with one attached hydrogen (secondary N) is 1. The molecule has 8 nitrogen and oxygen atoms in total. The molecule has 0 bridgehead atoms. The summed E-state index contributed by atoms with van der Waals surface area (Å²) in [6, 6.07) is 9.91. The van der Waals surface area contributed by atoms with Crippen LogP contribution in [0.4, 0.5) is 5.69 Å². The third-order valence-electron chi connectivity index (χ3n) is 6.44. The summed E-state index contributed by atoms with van der Waals surface area (Å²) in [7, 11) is -3.63. The van der Waals surface area contributed by atoms with E-state index in [1.807, 2.05) is 20.8 Å². The molecule has 0 aromatic heterocycles. The van der Waals surface area contributed by atoms with Crippen LogP contribution >= 0.6 is 0 Å². The lowest BCUT2D eigenvalue weighted by Crippen LogP contribution is -2.45. The summed E-state index contributed by atoms with van der Waals surface area (Å²) < 4.78 is 27.6. The van der Waals surface area contributed by atoms with Crippen LogP contribution in [0, 0.1) is 18.8 Å². The van der Waals surface area contributed by atoms with Gasteiger partial charge in [-0.05, 0) is 68.5 Å². The van der Waals surface area contributed by atoms with Gasteiger partial charge in [0, 0.05) is 18.8 Å². The topological polar surface area (TPSA) is 104 Å². The normalized spacial score (nSPS) is 21.9. The number of benzene rings is 2. The van der Waals surface area contributed by atoms with Crippen LogP contribution in [-0.4, -0.2) is 54.5 Å². The van der Waals surface area contributed by atoms with E-state index in [0.717, 1.165) is 16.9 Å². The van der Waals surface area contributed by atoms with Crippen molar-refractivity contribution in [3.63, 3.8) is 0 Å². The average molecular weight is 484 g/mol. The summed E-state index contributed by atoms with van der Waals surface area (Å²) in [5, 5.41) is 2.68. The van der Waals surface area contributed by atoms with E-state index in [4.69, 9.17) is 0 Å². The van der Waals surface area contributed by atoms with Gasteiger partial charge in [-0.25, -0.2) is 8.42 Å². The molecule has 2 aromatic carbocycles. The molecule has 0 saturated carbocycles. The lowest BCUT2D eigenvalue weighted by Gasteiger charge is -2.34. The molecule has 2 aromatic rings. The van der Waals surface area contributed by atoms with Gasteiger partial charge in [-0.3, -0.25) is 19.3 Å². The van der Waals surface area contributed by atoms with Gasteiger partial charge in [0.15, 0.2) is 0 Å². The Morgan fingerprint density at radius 2 is 1.56 bits per heavy atom. The first-order valence-corrected chi connectivity index (χ1v) is 12.8. The Hall–Kier alpha value is -3.04. The number of hydrogen-bond donors (Lipinski definition) is 1. The Balaban J connectivity index is 1.46. The number of rotatable bonds is 5. The van der Waals surface area contributed by atoms with Crippen LogP contribution < -0.4 is 5.32 Å². The van der Waals surface area contributed by atoms with Crippen molar-refractivity contribution in [3.05, 3.63) is 59.2 Å². The van der Waals surface area contributed by atoms with Crippen LogP contribution in [0.25, 0.3) is 0 Å². The Kier molecular flexibility index (Phi) is 6.35. The van der Waals surface area contributed by atoms with Gasteiger partial charge in [0.1, 0.15) is 6.04 Å². The quantitative estimate of drug-likeness (QED) is 0.658. The van der Waals surface area contributed by atoms with Crippen molar-refractivity contribution in [2.24, 2.45) is 11.8 Å². The number of carbonyl (C=O) groups excluding carboxylic acids is 3. The second-order valence-electron chi connectivity index (χ2n) is 9.49. The molecule has 0 unspecified atom stereocenters. The zero-order valence-corrected chi connectivity index (χ0v) is 20.6. The molecular weight excluding hydrogens is 454 g/mol. The fourth-order valence-corrected chi connectivity index (χ4v) is 6.43. The van der Waals surface area contributed by atoms with Gasteiger partial charge >= 0.3 is 0 Å². The molecule has 1 N–H and O–H groups in total. The molecule has 0 radical (unpaired) electrons. The van der Waals surface area contributed by atoms with Gasteiger partial charge in [0.25, 0.3) is 11.8 Å². The van der Waals surface area contributed by atoms with Crippen LogP contribution in [0.1, 0.15) is 53.5 Å². The standard InChI is InChI=1S/C25H29N3O5S/c1-15-5-10-21-22(12-15)25(31)28(24(21)30)18(4)23(29)26-19-6-8-20(9-7-19)34(32,33)27-13-16(2)11-17(3)14-27/h5-10,12,16-18H,11,13-14H2,1-4H3,(H,26,29)/t16-,17-,18+/m0/s1. The van der Waals surface area contributed by atoms with Gasteiger partial charge in [-0.2, -0.15) is 4.31 Å². The number of carbonyl (C=O) groups is 3. The number of fused-ring (bicyclic) bond motifs is 1. The molecular formula is C25H29N3O5S. The van der Waals surface area contributed by atoms with Gasteiger partial charge in [-0.1, -0.05) is 25.5 Å². The molecule has 2 aliphatic heterocycles. The second-order valence-corrected chi connectivity index (χ2v) is 11.4. The number of sulfonamides is 1. The first kappa shape index (κ1) is 24.1. The second kappa shape index (κ2) is 8.96. The van der Waals surface area contributed by atoms with Gasteiger partial charge in [0.05, 0.1) is 16.0 Å². The fourth-order valence-electron chi connectivity index (χ4n) is 4.75. The molecule has 34 heavy (non-hydrogen) atoms. The summed E-state index contributed by atoms with van der Waals surface area (Å²) in [5.41, 5.74) is 1.80. The van der Waals surface area contributed by atoms with Crippen molar-refractivity contribution < 1.29 is 22.8 Å². The van der Waals surface area contributed by atoms with Crippen molar-refractivity contribution in [1.29, 1.82) is 0 Å². The van der Waals surface area contributed by atoms with Crippen LogP contribution in [0.3, 0.4) is 0 Å². The Morgan fingerprint density at radius 1 is 0.971 bits per heavy atom. The van der Waals surface area contributed by atoms with Gasteiger partial charge in [0.2, 0.25) is 15.9 Å². The SMILES string of the molecule is Cc1ccc2c(c1)C(=O)N([C@H](C)C(=O)Nc1ccc(S(=O)(=O)N3C[C@@H](C)C[C@H](C)C3)cc1)C2=O. The van der Waals surface area contributed by atoms with Crippen molar-refractivity contribution >= 4 is 33.4 Å². The summed E-state index contributed by atoms with van der Waals surface area (Å²) in [6.07, 6.45) is 1.00. The van der Waals surface area contributed by atoms with Crippen LogP contribution in [0.15, 0.2) is 47.4 Å². The smallest absolute Gasteiger partial charge is 0.262 e. The molecule has 3 amide bonds. The van der Waals surface area contributed by atoms with Crippen molar-refractivity contribution in [1.82, 2.24) is 9.21 Å². The van der Waals surface area contributed by atoms with E-state index in [-0.39, 0.29) is 10.5 Å². The largest absolute Gasteiger partial charge is 0.324 e. The summed E-state index contributed by atoms with van der Waals surface area (Å²) in [6.45, 7) is 8.39. The summed E-state index contributed by atoms with van der Waals surface area (Å²) in [5.74, 6) is -0.957. The third kappa shape index (κ3) is 4.37. The Bertz CT molecular complexity index is 1250. The number of nitrogens with zero attached hydrogens (tertiary/aromatic N) is 2. The number of imide groups is 1. The highest BCUT2D eigenvalue weighted by atomic mass is 32.2. The molecule has 9 heteroatoms. The Morgan fingerprint density at radius 3 is 2.18 bits per heavy atom. The maximum absolute atomic E-state index is 13.1. The van der Waals surface area contributed by atoms with E-state index >= 15 is 0 Å². The van der Waals surface area contributed by atoms with E-state index in [1.54, 1.807) is 18.2 Å². The van der Waals surface area contributed by atoms with E-state index in [1.165, 1.54) is 35.5 Å². The van der Waals surface area contributed by atoms with E-state index in [2.05, 4.69) is 5.32 Å². The third-order valence-corrected chi connectivity index (χ3v) is 8.28. The number of amides is 3. The monoisotopic (exact) mass is 483 g/mol. The van der Waals surface area contributed by atoms with Crippen molar-refractivity contribution in [2.75, 3.05) is 18.4 Å². The predicted octanol–water partition coefficient (Wildman–Crippen LogP) is 3.28. The number of hydrogen-bond acceptors (Lipinski definition) is 5. The van der Waals surface area contributed by atoms with Gasteiger partial charge in [-0.15, -0.1) is 0 Å². The maximum atomic E-state index is 13.1. The predicted molar refractivity (Wildman–Crippen MR) is 128 cm³/mol. The van der Waals surface area contributed by atoms with E-state index < -0.39 is 33.8 Å². The highest BCUT2D eigenvalue weighted by Gasteiger charge is 2.41. The minimum absolute atomic E-state index is 0.163. The average Bonchev–Trinajstić information content (AvgIpc) is 3.02. The summed E-state index contributed by atoms with van der Waals surface area (Å²) in [4.78, 5) is 39.4. The lowest BCUT2D eigenvalue weighted by molar-refractivity contribution is -0.119. The minimum Gasteiger partial charge on any atom is -0.324 e. The van der Waals surface area contributed by atoms with Crippen molar-refractivity contribution in [3.8, 4) is 0 Å². The minimum atomic E-state index is -3.63. The molecule has 4 rings (SSSR count). The molecule has 0 spiro atoms. The first-order valence-electron chi connectivity index (χ1n) is 11.4. The zero-order chi connectivity index (χ0) is 24.8. The molecule has 2 heterocycles. The van der Waals surface area contributed by atoms with E-state index in [0.29, 0.717) is 36.2 Å². The first-order chi connectivity index (χ1) is 16.0. The maximum Gasteiger partial charge on any atom is 0.262 e. The number of anilines is 1. The highest BCUT2D eigenvalue weighted by Crippen LogP contribution is 2.28.